The second-order valence-electron chi connectivity index (χ2n) is 6.59. The number of carbonyl (C=O) groups excluding carboxylic acids is 2. The smallest absolute Gasteiger partial charge is 0.342 e. The molecule has 31 heavy (non-hydrogen) atoms. The Bertz CT molecular complexity index is 1110. The highest BCUT2D eigenvalue weighted by atomic mass is 16.5. The topological polar surface area (TPSA) is 103 Å². The van der Waals surface area contributed by atoms with Crippen molar-refractivity contribution in [1.82, 2.24) is 5.32 Å². The van der Waals surface area contributed by atoms with Gasteiger partial charge in [-0.1, -0.05) is 24.3 Å². The molecule has 0 aromatic heterocycles. The van der Waals surface area contributed by atoms with E-state index in [0.717, 1.165) is 10.8 Å². The van der Waals surface area contributed by atoms with Crippen LogP contribution in [0.2, 0.25) is 0 Å². The maximum Gasteiger partial charge on any atom is 0.342 e. The monoisotopic (exact) mass is 425 g/mol. The summed E-state index contributed by atoms with van der Waals surface area (Å²) in [5.41, 5.74) is 0.653. The average molecular weight is 425 g/mol. The van der Waals surface area contributed by atoms with E-state index in [-0.39, 0.29) is 17.9 Å². The van der Waals surface area contributed by atoms with Crippen LogP contribution in [0.25, 0.3) is 10.8 Å². The number of hydrogen-bond acceptors (Lipinski definition) is 7. The largest absolute Gasteiger partial charge is 0.507 e. The van der Waals surface area contributed by atoms with Gasteiger partial charge in [0.1, 0.15) is 17.1 Å². The summed E-state index contributed by atoms with van der Waals surface area (Å²) in [5.74, 6) is -0.00734. The number of fused-ring (bicyclic) bond motifs is 1. The van der Waals surface area contributed by atoms with E-state index in [1.165, 1.54) is 33.5 Å². The van der Waals surface area contributed by atoms with E-state index in [0.29, 0.717) is 22.8 Å². The molecule has 0 aliphatic carbocycles. The average Bonchev–Trinajstić information content (AvgIpc) is 2.79. The summed E-state index contributed by atoms with van der Waals surface area (Å²) < 4.78 is 20.9. The minimum absolute atomic E-state index is 0.00643. The van der Waals surface area contributed by atoms with Gasteiger partial charge in [0.15, 0.2) is 18.1 Å². The van der Waals surface area contributed by atoms with Gasteiger partial charge in [0, 0.05) is 18.2 Å². The number of carbonyl (C=O) groups is 2. The highest BCUT2D eigenvalue weighted by molar-refractivity contribution is 5.99. The Balaban J connectivity index is 1.62. The second kappa shape index (κ2) is 9.71. The number of methoxy groups -OCH3 is 3. The first-order valence-electron chi connectivity index (χ1n) is 9.41. The fourth-order valence-electron chi connectivity index (χ4n) is 3.08. The van der Waals surface area contributed by atoms with E-state index in [2.05, 4.69) is 5.32 Å². The Kier molecular flexibility index (Phi) is 6.81. The second-order valence-corrected chi connectivity index (χ2v) is 6.59. The molecule has 0 fully saturated rings. The minimum Gasteiger partial charge on any atom is -0.507 e. The maximum absolute atomic E-state index is 12.3. The first kappa shape index (κ1) is 21.8. The molecule has 3 aromatic carbocycles. The van der Waals surface area contributed by atoms with Crippen LogP contribution in [0.1, 0.15) is 15.9 Å². The molecule has 0 radical (unpaired) electrons. The molecule has 0 aliphatic heterocycles. The Labute approximate surface area is 179 Å². The van der Waals surface area contributed by atoms with Crippen LogP contribution in [-0.2, 0) is 16.1 Å². The number of esters is 1. The van der Waals surface area contributed by atoms with Gasteiger partial charge >= 0.3 is 5.97 Å². The van der Waals surface area contributed by atoms with Gasteiger partial charge in [0.05, 0.1) is 21.3 Å². The van der Waals surface area contributed by atoms with Crippen LogP contribution >= 0.6 is 0 Å². The standard InChI is InChI=1S/C23H23NO7/c1-28-19-11-21(30-3)20(29-2)10-16(19)12-24-22(26)13-31-23(27)17-8-14-6-4-5-7-15(14)9-18(17)25/h4-11,25H,12-13H2,1-3H3,(H,24,26). The Morgan fingerprint density at radius 2 is 1.48 bits per heavy atom. The molecule has 0 unspecified atom stereocenters. The molecule has 0 saturated heterocycles. The molecule has 8 nitrogen and oxygen atoms in total. The number of phenolic OH excluding ortho intramolecular Hbond substituents is 1. The lowest BCUT2D eigenvalue weighted by atomic mass is 10.1. The molecule has 0 saturated carbocycles. The van der Waals surface area contributed by atoms with Crippen molar-refractivity contribution in [2.24, 2.45) is 0 Å². The third kappa shape index (κ3) is 4.98. The highest BCUT2D eigenvalue weighted by Crippen LogP contribution is 2.34. The number of amides is 1. The fraction of sp³-hybridized carbons (Fsp3) is 0.217. The van der Waals surface area contributed by atoms with Gasteiger partial charge < -0.3 is 29.4 Å². The Morgan fingerprint density at radius 1 is 0.871 bits per heavy atom. The lowest BCUT2D eigenvalue weighted by Crippen LogP contribution is -2.28. The van der Waals surface area contributed by atoms with Crippen LogP contribution in [0.3, 0.4) is 0 Å². The van der Waals surface area contributed by atoms with Gasteiger partial charge in [-0.2, -0.15) is 0 Å². The van der Waals surface area contributed by atoms with Crippen LogP contribution in [0, 0.1) is 0 Å². The lowest BCUT2D eigenvalue weighted by Gasteiger charge is -2.14. The van der Waals surface area contributed by atoms with E-state index < -0.39 is 18.5 Å². The van der Waals surface area contributed by atoms with Crippen molar-refractivity contribution in [2.75, 3.05) is 27.9 Å². The zero-order valence-electron chi connectivity index (χ0n) is 17.4. The van der Waals surface area contributed by atoms with Crippen LogP contribution in [0.5, 0.6) is 23.0 Å². The van der Waals surface area contributed by atoms with Crippen molar-refractivity contribution in [3.8, 4) is 23.0 Å². The van der Waals surface area contributed by atoms with E-state index in [1.54, 1.807) is 12.1 Å². The molecule has 1 amide bonds. The molecule has 0 atom stereocenters. The number of rotatable bonds is 8. The van der Waals surface area contributed by atoms with Crippen LogP contribution in [0.15, 0.2) is 48.5 Å². The van der Waals surface area contributed by atoms with Crippen molar-refractivity contribution in [1.29, 1.82) is 0 Å². The first-order chi connectivity index (χ1) is 15.0. The van der Waals surface area contributed by atoms with Gasteiger partial charge in [-0.15, -0.1) is 0 Å². The molecule has 0 aliphatic rings. The number of benzene rings is 3. The molecule has 0 spiro atoms. The molecule has 0 bridgehead atoms. The lowest BCUT2D eigenvalue weighted by molar-refractivity contribution is -0.124. The Hall–Kier alpha value is -3.94. The molecule has 162 valence electrons. The Morgan fingerprint density at radius 3 is 2.13 bits per heavy atom. The zero-order valence-corrected chi connectivity index (χ0v) is 17.4. The third-order valence-electron chi connectivity index (χ3n) is 4.68. The zero-order chi connectivity index (χ0) is 22.4. The summed E-state index contributed by atoms with van der Waals surface area (Å²) in [7, 11) is 4.53. The summed E-state index contributed by atoms with van der Waals surface area (Å²) in [6.45, 7) is -0.373. The number of phenols is 1. The predicted octanol–water partition coefficient (Wildman–Crippen LogP) is 3.04. The van der Waals surface area contributed by atoms with E-state index in [1.807, 2.05) is 24.3 Å². The summed E-state index contributed by atoms with van der Waals surface area (Å²) in [5, 5.41) is 14.3. The quantitative estimate of drug-likeness (QED) is 0.535. The molecular weight excluding hydrogens is 402 g/mol. The highest BCUT2D eigenvalue weighted by Gasteiger charge is 2.17. The SMILES string of the molecule is COc1cc(OC)c(OC)cc1CNC(=O)COC(=O)c1cc2ccccc2cc1O. The summed E-state index contributed by atoms with van der Waals surface area (Å²) in [6.07, 6.45) is 0. The van der Waals surface area contributed by atoms with Crippen LogP contribution in [-0.4, -0.2) is 44.9 Å². The van der Waals surface area contributed by atoms with Gasteiger partial charge in [0.25, 0.3) is 5.91 Å². The number of nitrogens with one attached hydrogen (secondary N) is 1. The number of aromatic hydroxyl groups is 1. The summed E-state index contributed by atoms with van der Waals surface area (Å²) in [6, 6.07) is 13.6. The van der Waals surface area contributed by atoms with Gasteiger partial charge in [-0.05, 0) is 29.0 Å². The van der Waals surface area contributed by atoms with Crippen LogP contribution in [0.4, 0.5) is 0 Å². The van der Waals surface area contributed by atoms with Crippen molar-refractivity contribution in [3.63, 3.8) is 0 Å². The van der Waals surface area contributed by atoms with Crippen molar-refractivity contribution in [2.45, 2.75) is 6.54 Å². The van der Waals surface area contributed by atoms with Crippen molar-refractivity contribution < 1.29 is 33.6 Å². The van der Waals surface area contributed by atoms with Crippen molar-refractivity contribution in [3.05, 3.63) is 59.7 Å². The molecule has 0 heterocycles. The number of hydrogen-bond donors (Lipinski definition) is 2. The normalized spacial score (nSPS) is 10.4. The van der Waals surface area contributed by atoms with Gasteiger partial charge in [0.2, 0.25) is 0 Å². The van der Waals surface area contributed by atoms with E-state index in [4.69, 9.17) is 18.9 Å². The first-order valence-corrected chi connectivity index (χ1v) is 9.41. The summed E-state index contributed by atoms with van der Waals surface area (Å²) >= 11 is 0. The van der Waals surface area contributed by atoms with Crippen LogP contribution < -0.4 is 19.5 Å². The van der Waals surface area contributed by atoms with E-state index >= 15 is 0 Å². The molecule has 3 rings (SSSR count). The molecule has 2 N–H and O–H groups in total. The molecule has 3 aromatic rings. The number of ether oxygens (including phenoxy) is 4. The predicted molar refractivity (Wildman–Crippen MR) is 114 cm³/mol. The van der Waals surface area contributed by atoms with Gasteiger partial charge in [-0.25, -0.2) is 4.79 Å². The summed E-state index contributed by atoms with van der Waals surface area (Å²) in [4.78, 5) is 24.5. The minimum atomic E-state index is -0.790. The van der Waals surface area contributed by atoms with Crippen molar-refractivity contribution >= 4 is 22.6 Å². The fourth-order valence-corrected chi connectivity index (χ4v) is 3.08. The molecular formula is C23H23NO7. The maximum atomic E-state index is 12.3. The molecule has 8 heteroatoms. The van der Waals surface area contributed by atoms with E-state index in [9.17, 15) is 14.7 Å². The van der Waals surface area contributed by atoms with Gasteiger partial charge in [-0.3, -0.25) is 4.79 Å². The third-order valence-corrected chi connectivity index (χ3v) is 4.68.